The van der Waals surface area contributed by atoms with Crippen molar-refractivity contribution in [3.8, 4) is 11.3 Å². The number of rotatable bonds is 5. The van der Waals surface area contributed by atoms with E-state index in [2.05, 4.69) is 41.1 Å². The fraction of sp³-hybridized carbons (Fsp3) is 0.273. The molecule has 0 bridgehead atoms. The van der Waals surface area contributed by atoms with Crippen molar-refractivity contribution in [3.63, 3.8) is 0 Å². The zero-order valence-electron chi connectivity index (χ0n) is 17.2. The molecular weight excluding hydrogens is 395 g/mol. The third kappa shape index (κ3) is 3.91. The Bertz CT molecular complexity index is 1130. The van der Waals surface area contributed by atoms with Crippen LogP contribution in [0.4, 0.5) is 10.2 Å². The molecule has 4 heterocycles. The van der Waals surface area contributed by atoms with E-state index in [1.807, 2.05) is 30.3 Å². The van der Waals surface area contributed by atoms with Crippen molar-refractivity contribution < 1.29 is 4.39 Å². The van der Waals surface area contributed by atoms with Crippen LogP contribution in [0.5, 0.6) is 0 Å². The highest BCUT2D eigenvalue weighted by molar-refractivity contribution is 5.72. The van der Waals surface area contributed by atoms with E-state index in [1.54, 1.807) is 24.5 Å². The van der Waals surface area contributed by atoms with Crippen LogP contribution in [-0.2, 0) is 7.05 Å². The van der Waals surface area contributed by atoms with Gasteiger partial charge in [-0.2, -0.15) is 5.10 Å². The Labute approximate surface area is 179 Å². The minimum atomic E-state index is -0.261. The second kappa shape index (κ2) is 8.27. The Morgan fingerprint density at radius 1 is 1.00 bits per heavy atom. The molecule has 0 radical (unpaired) electrons. The van der Waals surface area contributed by atoms with Gasteiger partial charge in [-0.05, 0) is 24.3 Å². The molecule has 8 nitrogen and oxygen atoms in total. The van der Waals surface area contributed by atoms with Crippen LogP contribution < -0.4 is 4.90 Å². The number of anilines is 1. The number of nitrogens with one attached hydrogen (secondary N) is 1. The lowest BCUT2D eigenvalue weighted by atomic mass is 10.0. The summed E-state index contributed by atoms with van der Waals surface area (Å²) in [4.78, 5) is 18.4. The van der Waals surface area contributed by atoms with Crippen LogP contribution in [0.15, 0.2) is 61.6 Å². The van der Waals surface area contributed by atoms with Crippen molar-refractivity contribution >= 4 is 5.82 Å². The molecular formula is C22H23FN8. The average molecular weight is 418 g/mol. The zero-order chi connectivity index (χ0) is 21.2. The van der Waals surface area contributed by atoms with Crippen molar-refractivity contribution in [2.75, 3.05) is 31.1 Å². The molecule has 0 amide bonds. The first-order valence-electron chi connectivity index (χ1n) is 10.2. The fourth-order valence-corrected chi connectivity index (χ4v) is 4.12. The minimum absolute atomic E-state index is 0.0422. The molecule has 1 saturated heterocycles. The highest BCUT2D eigenvalue weighted by Crippen LogP contribution is 2.31. The van der Waals surface area contributed by atoms with Crippen molar-refractivity contribution in [2.45, 2.75) is 6.04 Å². The minimum Gasteiger partial charge on any atom is -0.352 e. The molecule has 9 heteroatoms. The lowest BCUT2D eigenvalue weighted by molar-refractivity contribution is 0.209. The quantitative estimate of drug-likeness (QED) is 0.537. The van der Waals surface area contributed by atoms with Crippen molar-refractivity contribution in [1.29, 1.82) is 0 Å². The summed E-state index contributed by atoms with van der Waals surface area (Å²) in [5.74, 6) is 0.564. The molecule has 1 aliphatic rings. The number of piperazine rings is 1. The van der Waals surface area contributed by atoms with Crippen LogP contribution in [0.3, 0.4) is 0 Å². The van der Waals surface area contributed by atoms with E-state index in [0.29, 0.717) is 0 Å². The lowest BCUT2D eigenvalue weighted by Crippen LogP contribution is -2.48. The molecule has 1 fully saturated rings. The zero-order valence-corrected chi connectivity index (χ0v) is 17.2. The Hall–Kier alpha value is -3.59. The molecule has 3 aromatic heterocycles. The Morgan fingerprint density at radius 2 is 1.77 bits per heavy atom. The normalized spacial score (nSPS) is 15.9. The van der Waals surface area contributed by atoms with Gasteiger partial charge >= 0.3 is 0 Å². The van der Waals surface area contributed by atoms with Gasteiger partial charge in [0.25, 0.3) is 0 Å². The van der Waals surface area contributed by atoms with E-state index < -0.39 is 0 Å². The summed E-state index contributed by atoms with van der Waals surface area (Å²) in [6.07, 6.45) is 11.1. The molecule has 1 aliphatic heterocycles. The maximum atomic E-state index is 13.4. The lowest BCUT2D eigenvalue weighted by Gasteiger charge is -2.39. The molecule has 31 heavy (non-hydrogen) atoms. The standard InChI is InChI=1S/C22H23FN8/c1-29-14-19(26-15-29)21(17-12-27-28-13-17)30-8-10-31(11-9-30)22-20(24-6-7-25-22)16-2-4-18(23)5-3-16/h2-7,12-15,21H,8-11H2,1H3,(H,27,28). The molecule has 0 saturated carbocycles. The van der Waals surface area contributed by atoms with Gasteiger partial charge in [0.2, 0.25) is 0 Å². The third-order valence-electron chi connectivity index (χ3n) is 5.62. The molecule has 1 atom stereocenters. The van der Waals surface area contributed by atoms with Crippen molar-refractivity contribution in [1.82, 2.24) is 34.6 Å². The molecule has 4 aromatic rings. The summed E-state index contributed by atoms with van der Waals surface area (Å²) in [6.45, 7) is 3.28. The molecule has 0 aliphatic carbocycles. The van der Waals surface area contributed by atoms with Gasteiger partial charge in [-0.1, -0.05) is 0 Å². The molecule has 1 unspecified atom stereocenters. The van der Waals surface area contributed by atoms with Crippen molar-refractivity contribution in [2.24, 2.45) is 7.05 Å². The number of imidazole rings is 1. The van der Waals surface area contributed by atoms with Gasteiger partial charge in [0.05, 0.1) is 24.3 Å². The number of aryl methyl sites for hydroxylation is 1. The second-order valence-electron chi connectivity index (χ2n) is 7.66. The van der Waals surface area contributed by atoms with Gasteiger partial charge in [-0.25, -0.2) is 14.4 Å². The Morgan fingerprint density at radius 3 is 2.45 bits per heavy atom. The Balaban J connectivity index is 1.38. The van der Waals surface area contributed by atoms with Gasteiger partial charge < -0.3 is 9.47 Å². The first kappa shape index (κ1) is 19.4. The predicted molar refractivity (Wildman–Crippen MR) is 115 cm³/mol. The topological polar surface area (TPSA) is 78.8 Å². The molecule has 0 spiro atoms. The van der Waals surface area contributed by atoms with Crippen LogP contribution >= 0.6 is 0 Å². The van der Waals surface area contributed by atoms with E-state index in [4.69, 9.17) is 0 Å². The summed E-state index contributed by atoms with van der Waals surface area (Å²) in [5.41, 5.74) is 3.73. The van der Waals surface area contributed by atoms with Crippen molar-refractivity contribution in [3.05, 3.63) is 78.7 Å². The first-order chi connectivity index (χ1) is 15.2. The van der Waals surface area contributed by atoms with Crippen LogP contribution in [0, 0.1) is 5.82 Å². The van der Waals surface area contributed by atoms with Gasteiger partial charge in [0.1, 0.15) is 11.5 Å². The Kier molecular flexibility index (Phi) is 5.17. The second-order valence-corrected chi connectivity index (χ2v) is 7.66. The summed E-state index contributed by atoms with van der Waals surface area (Å²) in [7, 11) is 1.98. The van der Waals surface area contributed by atoms with E-state index in [0.717, 1.165) is 54.5 Å². The summed E-state index contributed by atoms with van der Waals surface area (Å²) in [6, 6.07) is 6.44. The maximum absolute atomic E-state index is 13.4. The van der Waals surface area contributed by atoms with Crippen LogP contribution in [0.1, 0.15) is 17.3 Å². The molecule has 1 N–H and O–H groups in total. The monoisotopic (exact) mass is 418 g/mol. The highest BCUT2D eigenvalue weighted by Gasteiger charge is 2.30. The maximum Gasteiger partial charge on any atom is 0.155 e. The smallest absolute Gasteiger partial charge is 0.155 e. The predicted octanol–water partition coefficient (Wildman–Crippen LogP) is 2.65. The average Bonchev–Trinajstić information content (AvgIpc) is 3.48. The number of nitrogens with zero attached hydrogens (tertiary/aromatic N) is 7. The summed E-state index contributed by atoms with van der Waals surface area (Å²) >= 11 is 0. The number of hydrogen-bond donors (Lipinski definition) is 1. The summed E-state index contributed by atoms with van der Waals surface area (Å²) < 4.78 is 15.3. The highest BCUT2D eigenvalue weighted by atomic mass is 19.1. The van der Waals surface area contributed by atoms with E-state index in [1.165, 1.54) is 12.1 Å². The largest absolute Gasteiger partial charge is 0.352 e. The van der Waals surface area contributed by atoms with Gasteiger partial charge in [0.15, 0.2) is 5.82 Å². The number of aromatic nitrogens is 6. The van der Waals surface area contributed by atoms with E-state index in [-0.39, 0.29) is 11.9 Å². The SMILES string of the molecule is Cn1cnc(C(c2cn[nH]c2)N2CCN(c3nccnc3-c3ccc(F)cc3)CC2)c1. The number of benzene rings is 1. The molecule has 158 valence electrons. The number of aromatic amines is 1. The van der Waals surface area contributed by atoms with Crippen LogP contribution in [-0.4, -0.2) is 60.8 Å². The third-order valence-corrected chi connectivity index (χ3v) is 5.62. The number of halogens is 1. The van der Waals surface area contributed by atoms with Gasteiger partial charge in [-0.3, -0.25) is 15.0 Å². The van der Waals surface area contributed by atoms with Crippen LogP contribution in [0.2, 0.25) is 0 Å². The van der Waals surface area contributed by atoms with E-state index in [9.17, 15) is 4.39 Å². The van der Waals surface area contributed by atoms with Gasteiger partial charge in [-0.15, -0.1) is 0 Å². The van der Waals surface area contributed by atoms with E-state index >= 15 is 0 Å². The van der Waals surface area contributed by atoms with Crippen LogP contribution in [0.25, 0.3) is 11.3 Å². The summed E-state index contributed by atoms with van der Waals surface area (Å²) in [5, 5.41) is 7.07. The first-order valence-corrected chi connectivity index (χ1v) is 10.2. The fourth-order valence-electron chi connectivity index (χ4n) is 4.12. The number of hydrogen-bond acceptors (Lipinski definition) is 6. The molecule has 5 rings (SSSR count). The number of H-pyrrole nitrogens is 1. The molecule has 1 aromatic carbocycles. The van der Waals surface area contributed by atoms with Gasteiger partial charge in [0, 0.05) is 69.1 Å².